The van der Waals surface area contributed by atoms with Crippen LogP contribution in [0.4, 0.5) is 0 Å². The third kappa shape index (κ3) is 7.88. The van der Waals surface area contributed by atoms with Gasteiger partial charge in [-0.05, 0) is 64.4 Å². The van der Waals surface area contributed by atoms with Crippen molar-refractivity contribution in [2.24, 2.45) is 0 Å². The highest BCUT2D eigenvalue weighted by Crippen LogP contribution is 2.06. The minimum absolute atomic E-state index is 0.0168. The van der Waals surface area contributed by atoms with E-state index in [2.05, 4.69) is 43.2 Å². The van der Waals surface area contributed by atoms with Gasteiger partial charge in [0.15, 0.2) is 0 Å². The zero-order valence-electron chi connectivity index (χ0n) is 11.2. The van der Waals surface area contributed by atoms with Gasteiger partial charge in [-0.1, -0.05) is 0 Å². The van der Waals surface area contributed by atoms with Crippen LogP contribution in [0.25, 0.3) is 0 Å². The largest absolute Gasteiger partial charge is 0.376 e. The molecule has 0 atom stereocenters. The number of aromatic nitrogens is 1. The molecular weight excluding hydrogens is 212 g/mol. The van der Waals surface area contributed by atoms with E-state index >= 15 is 0 Å². The number of ether oxygens (including phenoxy) is 1. The van der Waals surface area contributed by atoms with Crippen LogP contribution in [0.15, 0.2) is 24.5 Å². The number of rotatable bonds is 7. The zero-order valence-corrected chi connectivity index (χ0v) is 11.2. The molecule has 0 aliphatic rings. The highest BCUT2D eigenvalue weighted by molar-refractivity contribution is 5.09. The molecular formula is C14H24N2O. The van der Waals surface area contributed by atoms with E-state index < -0.39 is 0 Å². The molecule has 0 radical (unpaired) electrons. The quantitative estimate of drug-likeness (QED) is 0.738. The van der Waals surface area contributed by atoms with Crippen LogP contribution in [0.5, 0.6) is 0 Å². The molecule has 0 aliphatic heterocycles. The van der Waals surface area contributed by atoms with Gasteiger partial charge < -0.3 is 10.1 Å². The van der Waals surface area contributed by atoms with E-state index in [4.69, 9.17) is 4.74 Å². The molecule has 96 valence electrons. The Kier molecular flexibility index (Phi) is 6.16. The molecule has 1 heterocycles. The van der Waals surface area contributed by atoms with E-state index in [0.29, 0.717) is 0 Å². The molecule has 0 bridgehead atoms. The summed E-state index contributed by atoms with van der Waals surface area (Å²) >= 11 is 0. The summed E-state index contributed by atoms with van der Waals surface area (Å²) in [4.78, 5) is 4.00. The van der Waals surface area contributed by atoms with E-state index in [-0.39, 0.29) is 5.60 Å². The molecule has 0 unspecified atom stereocenters. The lowest BCUT2D eigenvalue weighted by molar-refractivity contribution is -0.00374. The first-order chi connectivity index (χ1) is 8.08. The van der Waals surface area contributed by atoms with Gasteiger partial charge in [0.1, 0.15) is 0 Å². The molecule has 0 saturated heterocycles. The van der Waals surface area contributed by atoms with Crippen LogP contribution >= 0.6 is 0 Å². The molecule has 0 aliphatic carbocycles. The third-order valence-corrected chi connectivity index (χ3v) is 2.37. The topological polar surface area (TPSA) is 34.1 Å². The molecule has 0 fully saturated rings. The minimum Gasteiger partial charge on any atom is -0.376 e. The lowest BCUT2D eigenvalue weighted by Gasteiger charge is -2.19. The molecule has 3 nitrogen and oxygen atoms in total. The van der Waals surface area contributed by atoms with Crippen molar-refractivity contribution in [2.45, 2.75) is 39.2 Å². The fraction of sp³-hybridized carbons (Fsp3) is 0.643. The first-order valence-electron chi connectivity index (χ1n) is 6.31. The highest BCUT2D eigenvalue weighted by Gasteiger charge is 2.08. The predicted octanol–water partition coefficient (Wildman–Crippen LogP) is 2.42. The Hall–Kier alpha value is -0.930. The average Bonchev–Trinajstić information content (AvgIpc) is 2.28. The number of pyridine rings is 1. The smallest absolute Gasteiger partial charge is 0.0598 e. The molecule has 17 heavy (non-hydrogen) atoms. The van der Waals surface area contributed by atoms with E-state index in [0.717, 1.165) is 32.5 Å². The fourth-order valence-corrected chi connectivity index (χ4v) is 1.48. The standard InChI is InChI=1S/C14H24N2O/c1-14(2,3)17-12-4-8-15-9-5-13-6-10-16-11-7-13/h6-7,10-11,15H,4-5,8-9,12H2,1-3H3. The third-order valence-electron chi connectivity index (χ3n) is 2.37. The Bertz CT molecular complexity index is 293. The molecule has 1 N–H and O–H groups in total. The van der Waals surface area contributed by atoms with Crippen molar-refractivity contribution >= 4 is 0 Å². The van der Waals surface area contributed by atoms with Crippen molar-refractivity contribution in [3.63, 3.8) is 0 Å². The summed E-state index contributed by atoms with van der Waals surface area (Å²) in [5, 5.41) is 3.42. The molecule has 0 aromatic carbocycles. The summed E-state index contributed by atoms with van der Waals surface area (Å²) in [6.45, 7) is 9.12. The number of nitrogens with one attached hydrogen (secondary N) is 1. The van der Waals surface area contributed by atoms with Gasteiger partial charge in [-0.2, -0.15) is 0 Å². The Morgan fingerprint density at radius 1 is 1.18 bits per heavy atom. The maximum atomic E-state index is 5.65. The van der Waals surface area contributed by atoms with Gasteiger partial charge in [0.2, 0.25) is 0 Å². The summed E-state index contributed by atoms with van der Waals surface area (Å²) in [5.41, 5.74) is 1.32. The van der Waals surface area contributed by atoms with Gasteiger partial charge in [-0.3, -0.25) is 4.98 Å². The normalized spacial score (nSPS) is 11.7. The minimum atomic E-state index is -0.0168. The predicted molar refractivity (Wildman–Crippen MR) is 71.1 cm³/mol. The fourth-order valence-electron chi connectivity index (χ4n) is 1.48. The second-order valence-corrected chi connectivity index (χ2v) is 5.17. The van der Waals surface area contributed by atoms with Gasteiger partial charge in [0.25, 0.3) is 0 Å². The summed E-state index contributed by atoms with van der Waals surface area (Å²) in [5.74, 6) is 0. The molecule has 1 rings (SSSR count). The Morgan fingerprint density at radius 2 is 1.88 bits per heavy atom. The summed E-state index contributed by atoms with van der Waals surface area (Å²) in [7, 11) is 0. The first-order valence-corrected chi connectivity index (χ1v) is 6.31. The Labute approximate surface area is 105 Å². The number of nitrogens with zero attached hydrogens (tertiary/aromatic N) is 1. The first kappa shape index (κ1) is 14.1. The van der Waals surface area contributed by atoms with Crippen LogP contribution in [-0.4, -0.2) is 30.3 Å². The molecule has 0 amide bonds. The van der Waals surface area contributed by atoms with E-state index in [1.165, 1.54) is 5.56 Å². The Balaban J connectivity index is 1.95. The van der Waals surface area contributed by atoms with Crippen molar-refractivity contribution in [3.8, 4) is 0 Å². The van der Waals surface area contributed by atoms with E-state index in [1.807, 2.05) is 12.4 Å². The van der Waals surface area contributed by atoms with Crippen LogP contribution < -0.4 is 5.32 Å². The van der Waals surface area contributed by atoms with Crippen LogP contribution in [-0.2, 0) is 11.2 Å². The second kappa shape index (κ2) is 7.41. The summed E-state index contributed by atoms with van der Waals surface area (Å²) < 4.78 is 5.65. The molecule has 0 spiro atoms. The van der Waals surface area contributed by atoms with Crippen LogP contribution in [0.2, 0.25) is 0 Å². The lowest BCUT2D eigenvalue weighted by atomic mass is 10.2. The van der Waals surface area contributed by atoms with Crippen molar-refractivity contribution < 1.29 is 4.74 Å². The molecule has 3 heteroatoms. The summed E-state index contributed by atoms with van der Waals surface area (Å²) in [6.07, 6.45) is 5.80. The monoisotopic (exact) mass is 236 g/mol. The van der Waals surface area contributed by atoms with Gasteiger partial charge in [0, 0.05) is 19.0 Å². The molecule has 1 aromatic rings. The maximum Gasteiger partial charge on any atom is 0.0598 e. The molecule has 0 saturated carbocycles. The van der Waals surface area contributed by atoms with Gasteiger partial charge in [-0.25, -0.2) is 0 Å². The summed E-state index contributed by atoms with van der Waals surface area (Å²) in [6, 6.07) is 4.12. The van der Waals surface area contributed by atoms with Crippen LogP contribution in [0, 0.1) is 0 Å². The van der Waals surface area contributed by atoms with Gasteiger partial charge in [-0.15, -0.1) is 0 Å². The van der Waals surface area contributed by atoms with Crippen molar-refractivity contribution in [1.29, 1.82) is 0 Å². The number of hydrogen-bond donors (Lipinski definition) is 1. The average molecular weight is 236 g/mol. The lowest BCUT2D eigenvalue weighted by Crippen LogP contribution is -2.23. The number of hydrogen-bond acceptors (Lipinski definition) is 3. The van der Waals surface area contributed by atoms with Crippen LogP contribution in [0.3, 0.4) is 0 Å². The highest BCUT2D eigenvalue weighted by atomic mass is 16.5. The van der Waals surface area contributed by atoms with Gasteiger partial charge >= 0.3 is 0 Å². The van der Waals surface area contributed by atoms with Crippen LogP contribution in [0.1, 0.15) is 32.8 Å². The van der Waals surface area contributed by atoms with Crippen molar-refractivity contribution in [2.75, 3.05) is 19.7 Å². The zero-order chi connectivity index (χ0) is 12.6. The molecule has 1 aromatic heterocycles. The van der Waals surface area contributed by atoms with E-state index in [1.54, 1.807) is 0 Å². The SMILES string of the molecule is CC(C)(C)OCCCNCCc1ccncc1. The van der Waals surface area contributed by atoms with Gasteiger partial charge in [0.05, 0.1) is 5.60 Å². The van der Waals surface area contributed by atoms with E-state index in [9.17, 15) is 0 Å². The Morgan fingerprint density at radius 3 is 2.53 bits per heavy atom. The maximum absolute atomic E-state index is 5.65. The second-order valence-electron chi connectivity index (χ2n) is 5.17. The van der Waals surface area contributed by atoms with Crippen molar-refractivity contribution in [1.82, 2.24) is 10.3 Å². The van der Waals surface area contributed by atoms with Crippen molar-refractivity contribution in [3.05, 3.63) is 30.1 Å².